The van der Waals surface area contributed by atoms with Gasteiger partial charge in [-0.2, -0.15) is 0 Å². The number of benzene rings is 1. The Bertz CT molecular complexity index is 538. The van der Waals surface area contributed by atoms with Crippen LogP contribution in [0.15, 0.2) is 24.3 Å². The van der Waals surface area contributed by atoms with Crippen LogP contribution in [0.25, 0.3) is 0 Å². The molecule has 1 heterocycles. The smallest absolute Gasteiger partial charge is 0.321 e. The predicted molar refractivity (Wildman–Crippen MR) is 89.7 cm³/mol. The fourth-order valence-corrected chi connectivity index (χ4v) is 2.60. The molecule has 2 N–H and O–H groups in total. The Morgan fingerprint density at radius 3 is 2.65 bits per heavy atom. The molecule has 1 unspecified atom stereocenters. The standard InChI is InChI=1S/C17H25N3O3/c1-3-20(4-2)17(22)19-15-10-6-5-9-14(15)16(21)18-12-13-8-7-11-23-13/h5-6,9-10,13H,3-4,7-8,11-12H2,1-2H3,(H,18,21)(H,19,22). The van der Waals surface area contributed by atoms with Gasteiger partial charge in [-0.25, -0.2) is 4.79 Å². The Morgan fingerprint density at radius 2 is 2.00 bits per heavy atom. The molecule has 23 heavy (non-hydrogen) atoms. The van der Waals surface area contributed by atoms with E-state index in [9.17, 15) is 9.59 Å². The number of carbonyl (C=O) groups excluding carboxylic acids is 2. The molecule has 1 aromatic rings. The van der Waals surface area contributed by atoms with E-state index >= 15 is 0 Å². The van der Waals surface area contributed by atoms with Crippen molar-refractivity contribution in [3.8, 4) is 0 Å². The first-order valence-electron chi connectivity index (χ1n) is 8.20. The molecule has 6 heteroatoms. The van der Waals surface area contributed by atoms with Crippen LogP contribution < -0.4 is 10.6 Å². The predicted octanol–water partition coefficient (Wildman–Crippen LogP) is 2.47. The summed E-state index contributed by atoms with van der Waals surface area (Å²) in [6.07, 6.45) is 2.11. The van der Waals surface area contributed by atoms with E-state index in [1.54, 1.807) is 29.2 Å². The summed E-state index contributed by atoms with van der Waals surface area (Å²) in [6.45, 7) is 6.34. The number of hydrogen-bond acceptors (Lipinski definition) is 3. The Labute approximate surface area is 137 Å². The lowest BCUT2D eigenvalue weighted by Gasteiger charge is -2.20. The molecule has 0 aliphatic carbocycles. The van der Waals surface area contributed by atoms with Crippen molar-refractivity contribution in [2.75, 3.05) is 31.6 Å². The third-order valence-corrected chi connectivity index (χ3v) is 3.98. The molecule has 2 rings (SSSR count). The molecule has 1 aliphatic rings. The second-order valence-electron chi connectivity index (χ2n) is 5.49. The number of carbonyl (C=O) groups is 2. The van der Waals surface area contributed by atoms with Crippen molar-refractivity contribution in [3.05, 3.63) is 29.8 Å². The molecule has 0 bridgehead atoms. The number of ether oxygens (including phenoxy) is 1. The maximum Gasteiger partial charge on any atom is 0.321 e. The summed E-state index contributed by atoms with van der Waals surface area (Å²) in [6, 6.07) is 6.84. The van der Waals surface area contributed by atoms with Crippen LogP contribution >= 0.6 is 0 Å². The molecule has 6 nitrogen and oxygen atoms in total. The average Bonchev–Trinajstić information content (AvgIpc) is 3.08. The van der Waals surface area contributed by atoms with E-state index in [0.717, 1.165) is 19.4 Å². The topological polar surface area (TPSA) is 70.7 Å². The summed E-state index contributed by atoms with van der Waals surface area (Å²) in [7, 11) is 0. The number of hydrogen-bond donors (Lipinski definition) is 2. The fraction of sp³-hybridized carbons (Fsp3) is 0.529. The van der Waals surface area contributed by atoms with Gasteiger partial charge in [0.15, 0.2) is 0 Å². The van der Waals surface area contributed by atoms with Crippen LogP contribution in [0.2, 0.25) is 0 Å². The molecular formula is C17H25N3O3. The third kappa shape index (κ3) is 4.69. The molecule has 0 radical (unpaired) electrons. The molecule has 0 spiro atoms. The minimum Gasteiger partial charge on any atom is -0.376 e. The second kappa shape index (κ2) is 8.53. The quantitative estimate of drug-likeness (QED) is 0.846. The number of nitrogens with zero attached hydrogens (tertiary/aromatic N) is 1. The molecule has 1 fully saturated rings. The van der Waals surface area contributed by atoms with Gasteiger partial charge in [0.1, 0.15) is 0 Å². The number of anilines is 1. The van der Waals surface area contributed by atoms with Crippen LogP contribution in [0.5, 0.6) is 0 Å². The van der Waals surface area contributed by atoms with Gasteiger partial charge in [0.25, 0.3) is 5.91 Å². The largest absolute Gasteiger partial charge is 0.376 e. The number of para-hydroxylation sites is 1. The zero-order chi connectivity index (χ0) is 16.7. The fourth-order valence-electron chi connectivity index (χ4n) is 2.60. The maximum absolute atomic E-state index is 12.4. The number of urea groups is 1. The number of nitrogens with one attached hydrogen (secondary N) is 2. The highest BCUT2D eigenvalue weighted by atomic mass is 16.5. The molecule has 1 saturated heterocycles. The van der Waals surface area contributed by atoms with Crippen molar-refractivity contribution in [3.63, 3.8) is 0 Å². The highest BCUT2D eigenvalue weighted by Crippen LogP contribution is 2.16. The van der Waals surface area contributed by atoms with Crippen molar-refractivity contribution in [1.29, 1.82) is 0 Å². The minimum atomic E-state index is -0.200. The van der Waals surface area contributed by atoms with Crippen LogP contribution in [-0.2, 0) is 4.74 Å². The highest BCUT2D eigenvalue weighted by Gasteiger charge is 2.19. The normalized spacial score (nSPS) is 16.9. The van der Waals surface area contributed by atoms with Crippen molar-refractivity contribution in [2.45, 2.75) is 32.8 Å². The second-order valence-corrected chi connectivity index (χ2v) is 5.49. The van der Waals surface area contributed by atoms with Crippen LogP contribution in [0, 0.1) is 0 Å². The SMILES string of the molecule is CCN(CC)C(=O)Nc1ccccc1C(=O)NCC1CCCO1. The Balaban J connectivity index is 2.01. The van der Waals surface area contributed by atoms with Gasteiger partial charge in [-0.3, -0.25) is 4.79 Å². The Hall–Kier alpha value is -2.08. The first-order chi connectivity index (χ1) is 11.2. The lowest BCUT2D eigenvalue weighted by Crippen LogP contribution is -2.36. The lowest BCUT2D eigenvalue weighted by molar-refractivity contribution is 0.0858. The summed E-state index contributed by atoms with van der Waals surface area (Å²) >= 11 is 0. The van der Waals surface area contributed by atoms with Crippen LogP contribution in [0.4, 0.5) is 10.5 Å². The summed E-state index contributed by atoms with van der Waals surface area (Å²) in [5.41, 5.74) is 0.986. The summed E-state index contributed by atoms with van der Waals surface area (Å²) in [4.78, 5) is 26.2. The van der Waals surface area contributed by atoms with Crippen molar-refractivity contribution in [1.82, 2.24) is 10.2 Å². The van der Waals surface area contributed by atoms with Crippen LogP contribution in [0.3, 0.4) is 0 Å². The molecule has 1 aliphatic heterocycles. The lowest BCUT2D eigenvalue weighted by atomic mass is 10.1. The van der Waals surface area contributed by atoms with Crippen molar-refractivity contribution >= 4 is 17.6 Å². The zero-order valence-corrected chi connectivity index (χ0v) is 13.8. The van der Waals surface area contributed by atoms with Gasteiger partial charge in [-0.05, 0) is 38.8 Å². The van der Waals surface area contributed by atoms with E-state index in [4.69, 9.17) is 4.74 Å². The summed E-state index contributed by atoms with van der Waals surface area (Å²) in [5.74, 6) is -0.198. The summed E-state index contributed by atoms with van der Waals surface area (Å²) < 4.78 is 5.50. The van der Waals surface area contributed by atoms with Gasteiger partial charge < -0.3 is 20.3 Å². The van der Waals surface area contributed by atoms with Gasteiger partial charge >= 0.3 is 6.03 Å². The molecule has 1 aromatic carbocycles. The molecule has 0 aromatic heterocycles. The van der Waals surface area contributed by atoms with Gasteiger partial charge in [-0.1, -0.05) is 12.1 Å². The van der Waals surface area contributed by atoms with E-state index in [1.807, 2.05) is 13.8 Å². The van der Waals surface area contributed by atoms with Crippen molar-refractivity contribution < 1.29 is 14.3 Å². The molecule has 0 saturated carbocycles. The van der Waals surface area contributed by atoms with E-state index in [0.29, 0.717) is 30.9 Å². The average molecular weight is 319 g/mol. The monoisotopic (exact) mass is 319 g/mol. The van der Waals surface area contributed by atoms with Crippen molar-refractivity contribution in [2.24, 2.45) is 0 Å². The minimum absolute atomic E-state index is 0.0939. The Kier molecular flexibility index (Phi) is 6.40. The molecule has 1 atom stereocenters. The number of rotatable bonds is 6. The van der Waals surface area contributed by atoms with Gasteiger partial charge in [0.2, 0.25) is 0 Å². The van der Waals surface area contributed by atoms with Gasteiger partial charge in [-0.15, -0.1) is 0 Å². The first kappa shape index (κ1) is 17.3. The zero-order valence-electron chi connectivity index (χ0n) is 13.8. The maximum atomic E-state index is 12.4. The first-order valence-corrected chi connectivity index (χ1v) is 8.20. The summed E-state index contributed by atoms with van der Waals surface area (Å²) in [5, 5.41) is 5.70. The molecule has 126 valence electrons. The van der Waals surface area contributed by atoms with Crippen LogP contribution in [-0.4, -0.2) is 49.2 Å². The molecular weight excluding hydrogens is 294 g/mol. The van der Waals surface area contributed by atoms with E-state index in [1.165, 1.54) is 0 Å². The van der Waals surface area contributed by atoms with Crippen LogP contribution in [0.1, 0.15) is 37.0 Å². The molecule has 3 amide bonds. The van der Waals surface area contributed by atoms with Gasteiger partial charge in [0.05, 0.1) is 17.4 Å². The van der Waals surface area contributed by atoms with E-state index in [-0.39, 0.29) is 18.0 Å². The van der Waals surface area contributed by atoms with E-state index < -0.39 is 0 Å². The number of amides is 3. The highest BCUT2D eigenvalue weighted by molar-refractivity contribution is 6.03. The third-order valence-electron chi connectivity index (χ3n) is 3.98. The van der Waals surface area contributed by atoms with Gasteiger partial charge in [0, 0.05) is 26.2 Å². The Morgan fingerprint density at radius 1 is 1.26 bits per heavy atom. The van der Waals surface area contributed by atoms with E-state index in [2.05, 4.69) is 10.6 Å².